The second-order valence-corrected chi connectivity index (χ2v) is 8.05. The summed E-state index contributed by atoms with van der Waals surface area (Å²) < 4.78 is 0. The average Bonchev–Trinajstić information content (AvgIpc) is 3.30. The summed E-state index contributed by atoms with van der Waals surface area (Å²) in [5.74, 6) is 0.788. The van der Waals surface area contributed by atoms with Crippen LogP contribution < -0.4 is 5.32 Å². The van der Waals surface area contributed by atoms with Gasteiger partial charge in [-0.1, -0.05) is 43.2 Å². The van der Waals surface area contributed by atoms with Gasteiger partial charge in [-0.3, -0.25) is 9.59 Å². The molecule has 4 nitrogen and oxygen atoms in total. The molecule has 2 atom stereocenters. The van der Waals surface area contributed by atoms with E-state index < -0.39 is 0 Å². The Morgan fingerprint density at radius 1 is 0.920 bits per heavy atom. The van der Waals surface area contributed by atoms with Gasteiger partial charge in [0.2, 0.25) is 11.8 Å². The van der Waals surface area contributed by atoms with E-state index in [9.17, 15) is 9.59 Å². The van der Waals surface area contributed by atoms with Gasteiger partial charge >= 0.3 is 0 Å². The van der Waals surface area contributed by atoms with Gasteiger partial charge in [-0.05, 0) is 37.7 Å². The number of amides is 2. The molecule has 2 aliphatic carbocycles. The fraction of sp³-hybridized carbons (Fsp3) is 0.619. The number of nitrogens with one attached hydrogen (secondary N) is 1. The summed E-state index contributed by atoms with van der Waals surface area (Å²) in [5, 5.41) is 3.15. The number of hydrogen-bond donors (Lipinski definition) is 1. The maximum Gasteiger partial charge on any atom is 0.225 e. The van der Waals surface area contributed by atoms with Crippen LogP contribution in [0.5, 0.6) is 0 Å². The number of nitrogens with zero attached hydrogens (tertiary/aromatic N) is 1. The molecule has 2 amide bonds. The molecule has 0 radical (unpaired) electrons. The Hall–Kier alpha value is -1.84. The van der Waals surface area contributed by atoms with E-state index in [0.717, 1.165) is 51.5 Å². The van der Waals surface area contributed by atoms with E-state index >= 15 is 0 Å². The first-order chi connectivity index (χ1) is 12.2. The quantitative estimate of drug-likeness (QED) is 0.916. The van der Waals surface area contributed by atoms with Gasteiger partial charge in [-0.15, -0.1) is 0 Å². The standard InChI is InChI=1S/C21H28N2O2/c24-20(22-19-10-11-19)18-12-17(15-6-2-1-3-7-15)13-23(14-18)21(25)16-8-4-5-9-16/h1-3,6-7,16-19H,4-5,8-14H2,(H,22,24). The Morgan fingerprint density at radius 2 is 1.64 bits per heavy atom. The third-order valence-corrected chi connectivity index (χ3v) is 6.03. The van der Waals surface area contributed by atoms with Crippen molar-refractivity contribution in [3.63, 3.8) is 0 Å². The first-order valence-electron chi connectivity index (χ1n) is 9.85. The monoisotopic (exact) mass is 340 g/mol. The van der Waals surface area contributed by atoms with Crippen molar-refractivity contribution in [2.45, 2.75) is 56.9 Å². The van der Waals surface area contributed by atoms with Crippen LogP contribution in [0.25, 0.3) is 0 Å². The van der Waals surface area contributed by atoms with Gasteiger partial charge < -0.3 is 10.2 Å². The molecular weight excluding hydrogens is 312 g/mol. The summed E-state index contributed by atoms with van der Waals surface area (Å²) in [7, 11) is 0. The van der Waals surface area contributed by atoms with Crippen LogP contribution in [-0.4, -0.2) is 35.8 Å². The average molecular weight is 340 g/mol. The molecule has 134 valence electrons. The molecule has 2 saturated carbocycles. The van der Waals surface area contributed by atoms with E-state index in [0.29, 0.717) is 12.6 Å². The summed E-state index contributed by atoms with van der Waals surface area (Å²) in [5.41, 5.74) is 1.25. The van der Waals surface area contributed by atoms with Gasteiger partial charge in [0.1, 0.15) is 0 Å². The van der Waals surface area contributed by atoms with Crippen molar-refractivity contribution in [1.82, 2.24) is 10.2 Å². The lowest BCUT2D eigenvalue weighted by Gasteiger charge is -2.38. The Balaban J connectivity index is 1.51. The topological polar surface area (TPSA) is 49.4 Å². The van der Waals surface area contributed by atoms with E-state index in [-0.39, 0.29) is 29.6 Å². The zero-order valence-corrected chi connectivity index (χ0v) is 14.8. The Bertz CT molecular complexity index is 620. The lowest BCUT2D eigenvalue weighted by Crippen LogP contribution is -2.49. The number of benzene rings is 1. The second kappa shape index (κ2) is 7.19. The molecule has 1 saturated heterocycles. The number of carbonyl (C=O) groups excluding carboxylic acids is 2. The van der Waals surface area contributed by atoms with Crippen LogP contribution in [0.2, 0.25) is 0 Å². The smallest absolute Gasteiger partial charge is 0.225 e. The third kappa shape index (κ3) is 3.88. The minimum absolute atomic E-state index is 0.0788. The van der Waals surface area contributed by atoms with Crippen LogP contribution in [0.1, 0.15) is 56.4 Å². The summed E-state index contributed by atoms with van der Waals surface area (Å²) >= 11 is 0. The van der Waals surface area contributed by atoms with E-state index in [1.54, 1.807) is 0 Å². The molecule has 4 rings (SSSR count). The van der Waals surface area contributed by atoms with Crippen molar-refractivity contribution in [1.29, 1.82) is 0 Å². The molecule has 3 aliphatic rings. The van der Waals surface area contributed by atoms with E-state index in [2.05, 4.69) is 17.4 Å². The first-order valence-corrected chi connectivity index (χ1v) is 9.85. The highest BCUT2D eigenvalue weighted by Crippen LogP contribution is 2.34. The van der Waals surface area contributed by atoms with Crippen LogP contribution in [0.3, 0.4) is 0 Å². The van der Waals surface area contributed by atoms with E-state index in [1.165, 1.54) is 5.56 Å². The Morgan fingerprint density at radius 3 is 2.32 bits per heavy atom. The van der Waals surface area contributed by atoms with Crippen LogP contribution in [0.15, 0.2) is 30.3 Å². The number of rotatable bonds is 4. The van der Waals surface area contributed by atoms with Gasteiger partial charge in [0.05, 0.1) is 5.92 Å². The van der Waals surface area contributed by atoms with Gasteiger partial charge in [-0.2, -0.15) is 0 Å². The number of likely N-dealkylation sites (tertiary alicyclic amines) is 1. The molecule has 1 N–H and O–H groups in total. The highest BCUT2D eigenvalue weighted by molar-refractivity contribution is 5.83. The lowest BCUT2D eigenvalue weighted by molar-refractivity contribution is -0.139. The van der Waals surface area contributed by atoms with Crippen molar-refractivity contribution in [2.75, 3.05) is 13.1 Å². The first kappa shape index (κ1) is 16.6. The lowest BCUT2D eigenvalue weighted by atomic mass is 9.83. The SMILES string of the molecule is O=C(NC1CC1)C1CC(c2ccccc2)CN(C(=O)C2CCCC2)C1. The highest BCUT2D eigenvalue weighted by atomic mass is 16.2. The minimum Gasteiger partial charge on any atom is -0.353 e. The molecule has 1 aromatic carbocycles. The molecule has 1 heterocycles. The summed E-state index contributed by atoms with van der Waals surface area (Å²) in [6.07, 6.45) is 7.41. The largest absolute Gasteiger partial charge is 0.353 e. The van der Waals surface area contributed by atoms with Gasteiger partial charge in [-0.25, -0.2) is 0 Å². The molecule has 0 bridgehead atoms. The van der Waals surface area contributed by atoms with Crippen LogP contribution in [0, 0.1) is 11.8 Å². The molecule has 2 unspecified atom stereocenters. The number of piperidine rings is 1. The molecule has 25 heavy (non-hydrogen) atoms. The highest BCUT2D eigenvalue weighted by Gasteiger charge is 2.38. The van der Waals surface area contributed by atoms with Crippen molar-refractivity contribution in [3.05, 3.63) is 35.9 Å². The van der Waals surface area contributed by atoms with Crippen LogP contribution in [-0.2, 0) is 9.59 Å². The minimum atomic E-state index is -0.0788. The zero-order valence-electron chi connectivity index (χ0n) is 14.8. The van der Waals surface area contributed by atoms with Gasteiger partial charge in [0, 0.05) is 31.0 Å². The summed E-state index contributed by atoms with van der Waals surface area (Å²) in [6, 6.07) is 10.8. The molecule has 3 fully saturated rings. The third-order valence-electron chi connectivity index (χ3n) is 6.03. The molecule has 1 aromatic rings. The number of hydrogen-bond acceptors (Lipinski definition) is 2. The van der Waals surface area contributed by atoms with Crippen molar-refractivity contribution in [2.24, 2.45) is 11.8 Å². The predicted molar refractivity (Wildman–Crippen MR) is 97.0 cm³/mol. The molecule has 1 aliphatic heterocycles. The van der Waals surface area contributed by atoms with Crippen LogP contribution >= 0.6 is 0 Å². The fourth-order valence-electron chi connectivity index (χ4n) is 4.41. The zero-order chi connectivity index (χ0) is 17.2. The summed E-state index contributed by atoms with van der Waals surface area (Å²) in [6.45, 7) is 1.35. The Labute approximate surface area is 150 Å². The van der Waals surface area contributed by atoms with Gasteiger partial charge in [0.15, 0.2) is 0 Å². The van der Waals surface area contributed by atoms with Crippen molar-refractivity contribution >= 4 is 11.8 Å². The fourth-order valence-corrected chi connectivity index (χ4v) is 4.41. The second-order valence-electron chi connectivity index (χ2n) is 8.05. The number of carbonyl (C=O) groups is 2. The molecular formula is C21H28N2O2. The molecule has 0 aromatic heterocycles. The maximum absolute atomic E-state index is 13.0. The van der Waals surface area contributed by atoms with Gasteiger partial charge in [0.25, 0.3) is 0 Å². The predicted octanol–water partition coefficient (Wildman–Crippen LogP) is 3.09. The van der Waals surface area contributed by atoms with E-state index in [1.807, 2.05) is 23.1 Å². The van der Waals surface area contributed by atoms with Crippen molar-refractivity contribution in [3.8, 4) is 0 Å². The van der Waals surface area contributed by atoms with Crippen molar-refractivity contribution < 1.29 is 9.59 Å². The van der Waals surface area contributed by atoms with E-state index in [4.69, 9.17) is 0 Å². The summed E-state index contributed by atoms with van der Waals surface area (Å²) in [4.78, 5) is 27.6. The van der Waals surface area contributed by atoms with Crippen LogP contribution in [0.4, 0.5) is 0 Å². The maximum atomic E-state index is 13.0. The Kier molecular flexibility index (Phi) is 4.78. The molecule has 4 heteroatoms. The normalized spacial score (nSPS) is 27.3. The molecule has 0 spiro atoms.